The van der Waals surface area contributed by atoms with Crippen molar-refractivity contribution in [1.82, 2.24) is 4.98 Å². The summed E-state index contributed by atoms with van der Waals surface area (Å²) in [4.78, 5) is 28.4. The van der Waals surface area contributed by atoms with Crippen molar-refractivity contribution in [3.63, 3.8) is 0 Å². The van der Waals surface area contributed by atoms with Gasteiger partial charge in [-0.2, -0.15) is 0 Å². The molecule has 5 heteroatoms. The largest absolute Gasteiger partial charge is 0.459 e. The molecule has 142 valence electrons. The lowest BCUT2D eigenvalue weighted by Crippen LogP contribution is -2.50. The van der Waals surface area contributed by atoms with E-state index in [0.29, 0.717) is 6.42 Å². The molecule has 0 amide bonds. The van der Waals surface area contributed by atoms with Crippen LogP contribution in [0.25, 0.3) is 10.9 Å². The van der Waals surface area contributed by atoms with Gasteiger partial charge in [-0.3, -0.25) is 9.59 Å². The molecule has 1 heterocycles. The van der Waals surface area contributed by atoms with Gasteiger partial charge in [0, 0.05) is 28.9 Å². The lowest BCUT2D eigenvalue weighted by atomic mass is 9.83. The van der Waals surface area contributed by atoms with Crippen LogP contribution in [0, 0.1) is 10.8 Å². The quantitative estimate of drug-likeness (QED) is 0.800. The first-order valence-electron chi connectivity index (χ1n) is 8.97. The number of aromatic nitrogens is 1. The Hall–Kier alpha value is -2.14. The Labute approximate surface area is 155 Å². The Morgan fingerprint density at radius 3 is 2.27 bits per heavy atom. The molecule has 3 N–H and O–H groups in total. The Morgan fingerprint density at radius 1 is 1.08 bits per heavy atom. The Balaban J connectivity index is 2.33. The smallest absolute Gasteiger partial charge is 0.311 e. The van der Waals surface area contributed by atoms with E-state index >= 15 is 0 Å². The van der Waals surface area contributed by atoms with Crippen molar-refractivity contribution in [3.05, 3.63) is 36.0 Å². The summed E-state index contributed by atoms with van der Waals surface area (Å²) in [7, 11) is 0. The number of nitrogens with two attached hydrogens (primary N) is 1. The van der Waals surface area contributed by atoms with Gasteiger partial charge in [0.05, 0.1) is 5.41 Å². The van der Waals surface area contributed by atoms with Crippen LogP contribution in [0.4, 0.5) is 0 Å². The molecular formula is C21H30N2O3. The van der Waals surface area contributed by atoms with E-state index in [0.717, 1.165) is 16.5 Å². The summed E-state index contributed by atoms with van der Waals surface area (Å²) in [5.74, 6) is -0.483. The molecule has 0 aliphatic carbocycles. The minimum atomic E-state index is -0.880. The van der Waals surface area contributed by atoms with Gasteiger partial charge in [-0.15, -0.1) is 0 Å². The Morgan fingerprint density at radius 2 is 1.69 bits per heavy atom. The zero-order chi connectivity index (χ0) is 19.7. The third kappa shape index (κ3) is 4.52. The van der Waals surface area contributed by atoms with Crippen molar-refractivity contribution < 1.29 is 14.3 Å². The van der Waals surface area contributed by atoms with Crippen molar-refractivity contribution in [2.24, 2.45) is 16.6 Å². The number of hydrogen-bond acceptors (Lipinski definition) is 4. The number of Topliss-reactive ketones (excluding diaryl/α,β-unsaturated/α-hetero) is 1. The summed E-state index contributed by atoms with van der Waals surface area (Å²) in [5, 5.41) is 1.04. The predicted octanol–water partition coefficient (Wildman–Crippen LogP) is 3.61. The molecule has 0 spiro atoms. The highest BCUT2D eigenvalue weighted by molar-refractivity contribution is 5.90. The summed E-state index contributed by atoms with van der Waals surface area (Å²) < 4.78 is 5.72. The third-order valence-electron chi connectivity index (χ3n) is 4.41. The number of ketones is 1. The van der Waals surface area contributed by atoms with Crippen LogP contribution in [0.2, 0.25) is 0 Å². The van der Waals surface area contributed by atoms with Gasteiger partial charge in [-0.05, 0) is 32.4 Å². The molecule has 0 saturated carbocycles. The highest BCUT2D eigenvalue weighted by Crippen LogP contribution is 2.25. The maximum atomic E-state index is 12.7. The molecule has 2 atom stereocenters. The average molecular weight is 358 g/mol. The molecule has 2 aromatic rings. The molecule has 0 bridgehead atoms. The second kappa shape index (κ2) is 7.23. The lowest BCUT2D eigenvalue weighted by molar-refractivity contribution is -0.161. The van der Waals surface area contributed by atoms with Crippen LogP contribution in [0.3, 0.4) is 0 Å². The predicted molar refractivity (Wildman–Crippen MR) is 104 cm³/mol. The molecule has 26 heavy (non-hydrogen) atoms. The van der Waals surface area contributed by atoms with E-state index in [1.165, 1.54) is 0 Å². The summed E-state index contributed by atoms with van der Waals surface area (Å²) in [6.45, 7) is 10.8. The molecule has 2 unspecified atom stereocenters. The Bertz CT molecular complexity index is 793. The van der Waals surface area contributed by atoms with Crippen molar-refractivity contribution >= 4 is 22.7 Å². The summed E-state index contributed by atoms with van der Waals surface area (Å²) in [5.41, 5.74) is 6.97. The molecular weight excluding hydrogens is 328 g/mol. The van der Waals surface area contributed by atoms with Crippen LogP contribution < -0.4 is 5.73 Å². The number of aromatic amines is 1. The fourth-order valence-electron chi connectivity index (χ4n) is 2.74. The summed E-state index contributed by atoms with van der Waals surface area (Å²) >= 11 is 0. The molecule has 1 aromatic carbocycles. The molecule has 0 aliphatic heterocycles. The van der Waals surface area contributed by atoms with Gasteiger partial charge < -0.3 is 15.5 Å². The zero-order valence-electron chi connectivity index (χ0n) is 16.6. The van der Waals surface area contributed by atoms with Crippen LogP contribution in [0.15, 0.2) is 30.5 Å². The first kappa shape index (κ1) is 20.2. The maximum Gasteiger partial charge on any atom is 0.311 e. The Kier molecular flexibility index (Phi) is 5.61. The minimum absolute atomic E-state index is 0.121. The van der Waals surface area contributed by atoms with Crippen molar-refractivity contribution in [1.29, 1.82) is 0 Å². The summed E-state index contributed by atoms with van der Waals surface area (Å²) in [6.07, 6.45) is 1.55. The number of rotatable bonds is 5. The molecule has 0 fully saturated rings. The second-order valence-corrected chi connectivity index (χ2v) is 8.90. The highest BCUT2D eigenvalue weighted by Gasteiger charge is 2.37. The van der Waals surface area contributed by atoms with Gasteiger partial charge in [-0.25, -0.2) is 0 Å². The topological polar surface area (TPSA) is 85.2 Å². The van der Waals surface area contributed by atoms with E-state index in [4.69, 9.17) is 10.5 Å². The second-order valence-electron chi connectivity index (χ2n) is 8.90. The van der Waals surface area contributed by atoms with Crippen molar-refractivity contribution in [2.45, 2.75) is 60.1 Å². The monoisotopic (exact) mass is 358 g/mol. The van der Waals surface area contributed by atoms with Gasteiger partial charge >= 0.3 is 5.97 Å². The van der Waals surface area contributed by atoms with E-state index in [1.54, 1.807) is 20.8 Å². The number of carbonyl (C=O) groups is 2. The minimum Gasteiger partial charge on any atom is -0.459 e. The van der Waals surface area contributed by atoms with Gasteiger partial charge in [-0.1, -0.05) is 39.0 Å². The number of hydrogen-bond donors (Lipinski definition) is 2. The fraction of sp³-hybridized carbons (Fsp3) is 0.524. The molecule has 5 nitrogen and oxygen atoms in total. The van der Waals surface area contributed by atoms with Crippen molar-refractivity contribution in [2.75, 3.05) is 0 Å². The molecule has 0 radical (unpaired) electrons. The van der Waals surface area contributed by atoms with Gasteiger partial charge in [0.25, 0.3) is 0 Å². The molecule has 2 rings (SSSR count). The van der Waals surface area contributed by atoms with E-state index in [9.17, 15) is 9.59 Å². The SMILES string of the molecule is CC(C)(C)C(=O)OC(Cc1c[nH]c2ccccc12)C(N)C(=O)C(C)(C)C. The molecule has 0 saturated heterocycles. The number of benzene rings is 1. The molecule has 0 aliphatic rings. The first-order chi connectivity index (χ1) is 11.9. The summed E-state index contributed by atoms with van der Waals surface area (Å²) in [6, 6.07) is 7.01. The number of esters is 1. The molecule has 1 aromatic heterocycles. The lowest BCUT2D eigenvalue weighted by Gasteiger charge is -2.30. The van der Waals surface area contributed by atoms with E-state index in [-0.39, 0.29) is 11.8 Å². The van der Waals surface area contributed by atoms with Gasteiger partial charge in [0.15, 0.2) is 5.78 Å². The van der Waals surface area contributed by atoms with Crippen molar-refractivity contribution in [3.8, 4) is 0 Å². The zero-order valence-corrected chi connectivity index (χ0v) is 16.6. The third-order valence-corrected chi connectivity index (χ3v) is 4.41. The number of nitrogens with one attached hydrogen (secondary N) is 1. The average Bonchev–Trinajstić information content (AvgIpc) is 2.94. The normalized spacial score (nSPS) is 14.9. The maximum absolute atomic E-state index is 12.7. The number of fused-ring (bicyclic) bond motifs is 1. The van der Waals surface area contributed by atoms with E-state index in [2.05, 4.69) is 4.98 Å². The van der Waals surface area contributed by atoms with Gasteiger partial charge in [0.1, 0.15) is 12.1 Å². The van der Waals surface area contributed by atoms with E-state index in [1.807, 2.05) is 51.2 Å². The number of carbonyl (C=O) groups excluding carboxylic acids is 2. The van der Waals surface area contributed by atoms with Crippen LogP contribution in [-0.4, -0.2) is 28.9 Å². The van der Waals surface area contributed by atoms with Crippen LogP contribution in [0.1, 0.15) is 47.1 Å². The van der Waals surface area contributed by atoms with E-state index < -0.39 is 23.0 Å². The number of ether oxygens (including phenoxy) is 1. The van der Waals surface area contributed by atoms with Crippen LogP contribution >= 0.6 is 0 Å². The standard InChI is InChI=1S/C21H30N2O3/c1-20(2,3)18(24)17(22)16(26-19(25)21(4,5)6)11-13-12-23-15-10-8-7-9-14(13)15/h7-10,12,16-17,23H,11,22H2,1-6H3. The van der Waals surface area contributed by atoms with Crippen LogP contribution in [-0.2, 0) is 20.7 Å². The van der Waals surface area contributed by atoms with Gasteiger partial charge in [0.2, 0.25) is 0 Å². The first-order valence-corrected chi connectivity index (χ1v) is 8.97. The number of para-hydroxylation sites is 1. The highest BCUT2D eigenvalue weighted by atomic mass is 16.5. The number of H-pyrrole nitrogens is 1. The van der Waals surface area contributed by atoms with Crippen LogP contribution in [0.5, 0.6) is 0 Å². The fourth-order valence-corrected chi connectivity index (χ4v) is 2.74.